The van der Waals surface area contributed by atoms with Crippen LogP contribution in [0.15, 0.2) is 24.3 Å². The van der Waals surface area contributed by atoms with E-state index in [0.717, 1.165) is 44.5 Å². The van der Waals surface area contributed by atoms with Gasteiger partial charge in [0.25, 0.3) is 0 Å². The molecule has 0 atom stereocenters. The monoisotopic (exact) mass is 341 g/mol. The third-order valence-electron chi connectivity index (χ3n) is 4.94. The van der Waals surface area contributed by atoms with E-state index < -0.39 is 10.0 Å². The molecule has 1 aromatic rings. The summed E-state index contributed by atoms with van der Waals surface area (Å²) in [5.41, 5.74) is 0.961. The molecule has 3 rings (SSSR count). The lowest BCUT2D eigenvalue weighted by Gasteiger charge is -2.36. The van der Waals surface area contributed by atoms with Crippen LogP contribution in [0.4, 0.5) is 4.39 Å². The van der Waals surface area contributed by atoms with Crippen molar-refractivity contribution in [1.29, 1.82) is 0 Å². The van der Waals surface area contributed by atoms with Crippen LogP contribution in [-0.4, -0.2) is 33.4 Å². The molecule has 1 aliphatic carbocycles. The first-order valence-corrected chi connectivity index (χ1v) is 10.0. The Bertz CT molecular complexity index is 622. The number of ether oxygens (including phenoxy) is 1. The molecule has 2 aliphatic rings. The van der Waals surface area contributed by atoms with Crippen molar-refractivity contribution in [1.82, 2.24) is 4.72 Å². The number of hydrogen-bond acceptors (Lipinski definition) is 3. The smallest absolute Gasteiger partial charge is 0.211 e. The summed E-state index contributed by atoms with van der Waals surface area (Å²) in [7, 11) is -3.22. The Kier molecular flexibility index (Phi) is 5.34. The van der Waals surface area contributed by atoms with Crippen molar-refractivity contribution in [3.05, 3.63) is 35.6 Å². The van der Waals surface area contributed by atoms with Crippen LogP contribution in [0.3, 0.4) is 0 Å². The second-order valence-electron chi connectivity index (χ2n) is 6.70. The molecule has 2 fully saturated rings. The Labute approximate surface area is 137 Å². The molecule has 0 aromatic heterocycles. The van der Waals surface area contributed by atoms with Crippen molar-refractivity contribution >= 4 is 10.0 Å². The average molecular weight is 341 g/mol. The van der Waals surface area contributed by atoms with E-state index in [9.17, 15) is 12.8 Å². The summed E-state index contributed by atoms with van der Waals surface area (Å²) in [4.78, 5) is 0. The minimum atomic E-state index is -3.22. The molecule has 1 N–H and O–H groups in total. The summed E-state index contributed by atoms with van der Waals surface area (Å²) in [6, 6.07) is 6.57. The summed E-state index contributed by atoms with van der Waals surface area (Å²) in [5.74, 6) is 0.678. The van der Waals surface area contributed by atoms with Gasteiger partial charge in [-0.2, -0.15) is 0 Å². The predicted octanol–water partition coefficient (Wildman–Crippen LogP) is 2.81. The number of rotatable bonds is 6. The first kappa shape index (κ1) is 16.9. The quantitative estimate of drug-likeness (QED) is 0.866. The number of nitrogens with one attached hydrogen (secondary N) is 1. The highest BCUT2D eigenvalue weighted by Crippen LogP contribution is 2.37. The molecule has 23 heavy (non-hydrogen) atoms. The van der Waals surface area contributed by atoms with Gasteiger partial charge in [-0.1, -0.05) is 12.1 Å². The van der Waals surface area contributed by atoms with Crippen molar-refractivity contribution in [3.63, 3.8) is 0 Å². The molecule has 0 unspecified atom stereocenters. The van der Waals surface area contributed by atoms with Crippen LogP contribution in [0, 0.1) is 11.7 Å². The lowest BCUT2D eigenvalue weighted by Crippen LogP contribution is -2.44. The molecule has 0 spiro atoms. The van der Waals surface area contributed by atoms with Gasteiger partial charge in [-0.25, -0.2) is 17.5 Å². The van der Waals surface area contributed by atoms with Gasteiger partial charge in [-0.3, -0.25) is 0 Å². The van der Waals surface area contributed by atoms with E-state index in [1.54, 1.807) is 12.1 Å². The zero-order chi connectivity index (χ0) is 16.3. The van der Waals surface area contributed by atoms with Crippen LogP contribution < -0.4 is 4.72 Å². The number of sulfonamides is 1. The molecule has 0 bridgehead atoms. The van der Waals surface area contributed by atoms with Gasteiger partial charge in [0.1, 0.15) is 5.82 Å². The molecular formula is C17H24FNO3S. The minimum Gasteiger partial charge on any atom is -0.381 e. The van der Waals surface area contributed by atoms with Crippen LogP contribution in [0.25, 0.3) is 0 Å². The molecule has 1 saturated carbocycles. The van der Waals surface area contributed by atoms with E-state index in [1.165, 1.54) is 6.07 Å². The van der Waals surface area contributed by atoms with E-state index in [0.29, 0.717) is 12.3 Å². The standard InChI is InChI=1S/C17H24FNO3S/c18-16-3-1-2-14(10-16)15-11-17(12-15)19-23(20,21)9-6-13-4-7-22-8-5-13/h1-3,10,13,15,17,19H,4-9,11-12H2. The average Bonchev–Trinajstić information content (AvgIpc) is 2.50. The maximum Gasteiger partial charge on any atom is 0.211 e. The second kappa shape index (κ2) is 7.28. The lowest BCUT2D eigenvalue weighted by molar-refractivity contribution is 0.0655. The van der Waals surface area contributed by atoms with Crippen LogP contribution in [0.2, 0.25) is 0 Å². The van der Waals surface area contributed by atoms with Crippen molar-refractivity contribution < 1.29 is 17.5 Å². The van der Waals surface area contributed by atoms with Gasteiger partial charge < -0.3 is 4.74 Å². The normalized spacial score (nSPS) is 26.0. The van der Waals surface area contributed by atoms with Gasteiger partial charge in [-0.05, 0) is 61.6 Å². The summed E-state index contributed by atoms with van der Waals surface area (Å²) < 4.78 is 45.6. The molecule has 128 valence electrons. The molecular weight excluding hydrogens is 317 g/mol. The first-order chi connectivity index (χ1) is 11.0. The first-order valence-electron chi connectivity index (χ1n) is 8.35. The fourth-order valence-electron chi connectivity index (χ4n) is 3.42. The Morgan fingerprint density at radius 1 is 1.22 bits per heavy atom. The van der Waals surface area contributed by atoms with E-state index in [2.05, 4.69) is 4.72 Å². The van der Waals surface area contributed by atoms with E-state index in [4.69, 9.17) is 4.74 Å². The fourth-order valence-corrected chi connectivity index (χ4v) is 4.88. The van der Waals surface area contributed by atoms with Crippen molar-refractivity contribution in [2.24, 2.45) is 5.92 Å². The number of benzene rings is 1. The van der Waals surface area contributed by atoms with Gasteiger partial charge in [0.05, 0.1) is 5.75 Å². The van der Waals surface area contributed by atoms with Gasteiger partial charge in [0, 0.05) is 19.3 Å². The fraction of sp³-hybridized carbons (Fsp3) is 0.647. The van der Waals surface area contributed by atoms with E-state index >= 15 is 0 Å². The summed E-state index contributed by atoms with van der Waals surface area (Å²) in [5, 5.41) is 0. The highest BCUT2D eigenvalue weighted by atomic mass is 32.2. The van der Waals surface area contributed by atoms with Crippen molar-refractivity contribution in [3.8, 4) is 0 Å². The molecule has 0 radical (unpaired) electrons. The summed E-state index contributed by atoms with van der Waals surface area (Å²) >= 11 is 0. The predicted molar refractivity (Wildman–Crippen MR) is 87.2 cm³/mol. The zero-order valence-electron chi connectivity index (χ0n) is 13.2. The highest BCUT2D eigenvalue weighted by molar-refractivity contribution is 7.89. The number of halogens is 1. The molecule has 1 aliphatic heterocycles. The topological polar surface area (TPSA) is 55.4 Å². The Morgan fingerprint density at radius 2 is 1.96 bits per heavy atom. The maximum atomic E-state index is 13.2. The van der Waals surface area contributed by atoms with Crippen molar-refractivity contribution in [2.45, 2.75) is 44.1 Å². The van der Waals surface area contributed by atoms with Gasteiger partial charge in [0.2, 0.25) is 10.0 Å². The summed E-state index contributed by atoms with van der Waals surface area (Å²) in [6.07, 6.45) is 4.12. The molecule has 1 saturated heterocycles. The molecule has 4 nitrogen and oxygen atoms in total. The minimum absolute atomic E-state index is 0.0112. The van der Waals surface area contributed by atoms with Crippen LogP contribution in [0.1, 0.15) is 43.6 Å². The second-order valence-corrected chi connectivity index (χ2v) is 8.57. The Hall–Kier alpha value is -0.980. The zero-order valence-corrected chi connectivity index (χ0v) is 14.0. The van der Waals surface area contributed by atoms with Gasteiger partial charge in [0.15, 0.2) is 0 Å². The molecule has 1 heterocycles. The largest absolute Gasteiger partial charge is 0.381 e. The lowest BCUT2D eigenvalue weighted by atomic mass is 9.76. The van der Waals surface area contributed by atoms with Gasteiger partial charge >= 0.3 is 0 Å². The van der Waals surface area contributed by atoms with Crippen LogP contribution in [0.5, 0.6) is 0 Å². The SMILES string of the molecule is O=S(=O)(CCC1CCOCC1)NC1CC(c2cccc(F)c2)C1. The molecule has 6 heteroatoms. The molecule has 1 aromatic carbocycles. The van der Waals surface area contributed by atoms with E-state index in [1.807, 2.05) is 6.07 Å². The maximum absolute atomic E-state index is 13.2. The molecule has 0 amide bonds. The van der Waals surface area contributed by atoms with E-state index in [-0.39, 0.29) is 23.5 Å². The third-order valence-corrected chi connectivity index (χ3v) is 6.41. The Balaban J connectivity index is 1.43. The number of hydrogen-bond donors (Lipinski definition) is 1. The third kappa shape index (κ3) is 4.75. The highest BCUT2D eigenvalue weighted by Gasteiger charge is 2.33. The van der Waals surface area contributed by atoms with Crippen molar-refractivity contribution in [2.75, 3.05) is 19.0 Å². The van der Waals surface area contributed by atoms with Crippen LogP contribution >= 0.6 is 0 Å². The Morgan fingerprint density at radius 3 is 2.65 bits per heavy atom. The summed E-state index contributed by atoms with van der Waals surface area (Å²) in [6.45, 7) is 1.49. The van der Waals surface area contributed by atoms with Gasteiger partial charge in [-0.15, -0.1) is 0 Å². The van der Waals surface area contributed by atoms with Crippen LogP contribution in [-0.2, 0) is 14.8 Å².